The Hall–Kier alpha value is -3.12. The topological polar surface area (TPSA) is 57.2 Å². The van der Waals surface area contributed by atoms with Crippen LogP contribution in [0.15, 0.2) is 60.0 Å². The smallest absolute Gasteiger partial charge is 0.140 e. The molecule has 7 heteroatoms. The Balaban J connectivity index is 1.79. The number of hydrogen-bond acceptors (Lipinski definition) is 4. The molecule has 29 heavy (non-hydrogen) atoms. The third kappa shape index (κ3) is 3.63. The number of rotatable bonds is 6. The van der Waals surface area contributed by atoms with Crippen molar-refractivity contribution in [3.8, 4) is 11.4 Å². The van der Waals surface area contributed by atoms with Gasteiger partial charge in [-0.05, 0) is 32.0 Å². The van der Waals surface area contributed by atoms with Gasteiger partial charge in [-0.1, -0.05) is 41.0 Å². The first-order valence-electron chi connectivity index (χ1n) is 9.45. The predicted molar refractivity (Wildman–Crippen MR) is 116 cm³/mol. The van der Waals surface area contributed by atoms with E-state index in [0.717, 1.165) is 46.1 Å². The van der Waals surface area contributed by atoms with E-state index in [1.165, 1.54) is 0 Å². The predicted octanol–water partition coefficient (Wildman–Crippen LogP) is 4.99. The molecule has 2 aromatic carbocycles. The molecule has 148 valence electrons. The third-order valence-corrected chi connectivity index (χ3v) is 5.14. The van der Waals surface area contributed by atoms with Gasteiger partial charge < -0.3 is 14.0 Å². The monoisotopic (exact) mass is 407 g/mol. The average Bonchev–Trinajstić information content (AvgIpc) is 3.32. The molecule has 0 aliphatic rings. The van der Waals surface area contributed by atoms with Crippen LogP contribution in [0.25, 0.3) is 22.4 Å². The number of imidazole rings is 2. The molecule has 0 radical (unpaired) electrons. The van der Waals surface area contributed by atoms with Crippen molar-refractivity contribution in [2.75, 3.05) is 7.11 Å². The number of oxime groups is 1. The van der Waals surface area contributed by atoms with Crippen molar-refractivity contribution in [2.45, 2.75) is 26.9 Å². The second kappa shape index (κ2) is 8.09. The van der Waals surface area contributed by atoms with Crippen LogP contribution in [0.4, 0.5) is 0 Å². The Labute approximate surface area is 174 Å². The lowest BCUT2D eigenvalue weighted by molar-refractivity contribution is 0.213. The summed E-state index contributed by atoms with van der Waals surface area (Å²) in [6, 6.07) is 13.9. The summed E-state index contributed by atoms with van der Waals surface area (Å²) in [6.45, 7) is 5.47. The number of nitrogens with zero attached hydrogens (tertiary/aromatic N) is 5. The van der Waals surface area contributed by atoms with E-state index in [1.54, 1.807) is 13.3 Å². The molecule has 2 heterocycles. The van der Waals surface area contributed by atoms with Crippen molar-refractivity contribution >= 4 is 28.3 Å². The van der Waals surface area contributed by atoms with Gasteiger partial charge in [0.05, 0.1) is 23.3 Å². The van der Waals surface area contributed by atoms with Gasteiger partial charge in [-0.15, -0.1) is 0 Å². The minimum Gasteiger partial charge on any atom is -0.399 e. The van der Waals surface area contributed by atoms with Gasteiger partial charge in [-0.3, -0.25) is 0 Å². The summed E-state index contributed by atoms with van der Waals surface area (Å²) in [5, 5.41) is 4.78. The highest BCUT2D eigenvalue weighted by atomic mass is 35.5. The van der Waals surface area contributed by atoms with Crippen LogP contribution in [0.5, 0.6) is 0 Å². The molecule has 0 aliphatic carbocycles. The summed E-state index contributed by atoms with van der Waals surface area (Å²) in [5.74, 6) is 1.82. The first-order chi connectivity index (χ1) is 14.1. The largest absolute Gasteiger partial charge is 0.399 e. The van der Waals surface area contributed by atoms with Crippen LogP contribution in [0.2, 0.25) is 5.02 Å². The van der Waals surface area contributed by atoms with Crippen molar-refractivity contribution in [1.82, 2.24) is 19.1 Å². The molecule has 0 saturated heterocycles. The number of aryl methyl sites for hydroxylation is 1. The van der Waals surface area contributed by atoms with Gasteiger partial charge in [0, 0.05) is 35.1 Å². The molecule has 0 spiro atoms. The molecule has 4 aromatic rings. The SMILES string of the molecule is CCn1c(Cn2ccnc2-c2cccc(Cl)c2)nc2c(/C(C)=N/OC)cccc21. The first kappa shape index (κ1) is 19.2. The maximum atomic E-state index is 6.17. The zero-order chi connectivity index (χ0) is 20.4. The molecule has 0 aliphatic heterocycles. The number of aromatic nitrogens is 4. The highest BCUT2D eigenvalue weighted by Gasteiger charge is 2.16. The van der Waals surface area contributed by atoms with Crippen LogP contribution in [0.1, 0.15) is 25.2 Å². The van der Waals surface area contributed by atoms with Crippen LogP contribution < -0.4 is 0 Å². The summed E-state index contributed by atoms with van der Waals surface area (Å²) in [5.41, 5.74) is 4.75. The van der Waals surface area contributed by atoms with Gasteiger partial charge >= 0.3 is 0 Å². The lowest BCUT2D eigenvalue weighted by atomic mass is 10.1. The van der Waals surface area contributed by atoms with E-state index in [9.17, 15) is 0 Å². The van der Waals surface area contributed by atoms with Gasteiger partial charge in [-0.2, -0.15) is 0 Å². The normalized spacial score (nSPS) is 11.9. The Morgan fingerprint density at radius 1 is 1.21 bits per heavy atom. The van der Waals surface area contributed by atoms with Crippen LogP contribution in [-0.4, -0.2) is 31.9 Å². The van der Waals surface area contributed by atoms with Crippen LogP contribution in [-0.2, 0) is 17.9 Å². The van der Waals surface area contributed by atoms with E-state index in [1.807, 2.05) is 49.5 Å². The van der Waals surface area contributed by atoms with E-state index < -0.39 is 0 Å². The summed E-state index contributed by atoms with van der Waals surface area (Å²) in [7, 11) is 1.55. The molecule has 0 bridgehead atoms. The lowest BCUT2D eigenvalue weighted by Crippen LogP contribution is -2.08. The van der Waals surface area contributed by atoms with E-state index in [0.29, 0.717) is 11.6 Å². The first-order valence-corrected chi connectivity index (χ1v) is 9.83. The Morgan fingerprint density at radius 2 is 2.03 bits per heavy atom. The number of fused-ring (bicyclic) bond motifs is 1. The van der Waals surface area contributed by atoms with Gasteiger partial charge in [0.2, 0.25) is 0 Å². The summed E-state index contributed by atoms with van der Waals surface area (Å²) >= 11 is 6.17. The fourth-order valence-electron chi connectivity index (χ4n) is 3.62. The fourth-order valence-corrected chi connectivity index (χ4v) is 3.81. The van der Waals surface area contributed by atoms with Crippen LogP contribution >= 0.6 is 11.6 Å². The molecule has 6 nitrogen and oxygen atoms in total. The zero-order valence-electron chi connectivity index (χ0n) is 16.6. The molecule has 0 amide bonds. The van der Waals surface area contributed by atoms with Gasteiger partial charge in [-0.25, -0.2) is 9.97 Å². The quantitative estimate of drug-likeness (QED) is 0.334. The molecule has 0 saturated carbocycles. The van der Waals surface area contributed by atoms with Crippen molar-refractivity contribution in [3.05, 3.63) is 71.3 Å². The third-order valence-electron chi connectivity index (χ3n) is 4.90. The molecule has 0 unspecified atom stereocenters. The molecule has 0 atom stereocenters. The molecule has 2 aromatic heterocycles. The summed E-state index contributed by atoms with van der Waals surface area (Å²) in [4.78, 5) is 14.5. The summed E-state index contributed by atoms with van der Waals surface area (Å²) < 4.78 is 4.31. The molecular formula is C22H22ClN5O. The highest BCUT2D eigenvalue weighted by Crippen LogP contribution is 2.25. The second-order valence-electron chi connectivity index (χ2n) is 6.69. The molecule has 0 N–H and O–H groups in total. The number of hydrogen-bond donors (Lipinski definition) is 0. The molecule has 4 rings (SSSR count). The van der Waals surface area contributed by atoms with Gasteiger partial charge in [0.1, 0.15) is 18.8 Å². The second-order valence-corrected chi connectivity index (χ2v) is 7.13. The van der Waals surface area contributed by atoms with Crippen molar-refractivity contribution in [2.24, 2.45) is 5.16 Å². The maximum absolute atomic E-state index is 6.17. The van der Waals surface area contributed by atoms with Gasteiger partial charge in [0.15, 0.2) is 0 Å². The van der Waals surface area contributed by atoms with Crippen LogP contribution in [0, 0.1) is 0 Å². The number of benzene rings is 2. The Morgan fingerprint density at radius 3 is 2.79 bits per heavy atom. The van der Waals surface area contributed by atoms with E-state index in [2.05, 4.69) is 32.3 Å². The van der Waals surface area contributed by atoms with Crippen molar-refractivity contribution in [3.63, 3.8) is 0 Å². The van der Waals surface area contributed by atoms with E-state index >= 15 is 0 Å². The van der Waals surface area contributed by atoms with Crippen LogP contribution in [0.3, 0.4) is 0 Å². The minimum atomic E-state index is 0.601. The van der Waals surface area contributed by atoms with Gasteiger partial charge in [0.25, 0.3) is 0 Å². The van der Waals surface area contributed by atoms with E-state index in [4.69, 9.17) is 21.4 Å². The Bertz CT molecular complexity index is 1190. The summed E-state index contributed by atoms with van der Waals surface area (Å²) in [6.07, 6.45) is 3.77. The number of para-hydroxylation sites is 1. The molecule has 0 fully saturated rings. The molecular weight excluding hydrogens is 386 g/mol. The highest BCUT2D eigenvalue weighted by molar-refractivity contribution is 6.30. The zero-order valence-corrected chi connectivity index (χ0v) is 17.4. The van der Waals surface area contributed by atoms with Crippen molar-refractivity contribution in [1.29, 1.82) is 0 Å². The average molecular weight is 408 g/mol. The lowest BCUT2D eigenvalue weighted by Gasteiger charge is -2.10. The number of halogens is 1. The Kier molecular flexibility index (Phi) is 5.36. The fraction of sp³-hybridized carbons (Fsp3) is 0.227. The van der Waals surface area contributed by atoms with Crippen molar-refractivity contribution < 1.29 is 4.84 Å². The maximum Gasteiger partial charge on any atom is 0.140 e. The minimum absolute atomic E-state index is 0.601. The van der Waals surface area contributed by atoms with E-state index in [-0.39, 0.29) is 0 Å². The standard InChI is InChI=1S/C22H22ClN5O/c1-4-28-19-10-6-9-18(15(2)26-29-3)21(19)25-20(28)14-27-12-11-24-22(27)16-7-5-8-17(23)13-16/h5-13H,4,14H2,1-3H3/b26-15+.